The van der Waals surface area contributed by atoms with Crippen LogP contribution in [0, 0.1) is 0 Å². The summed E-state index contributed by atoms with van der Waals surface area (Å²) in [7, 11) is 1.68. The van der Waals surface area contributed by atoms with Crippen molar-refractivity contribution in [3.63, 3.8) is 0 Å². The Morgan fingerprint density at radius 3 is 2.59 bits per heavy atom. The first-order valence-corrected chi connectivity index (χ1v) is 7.46. The van der Waals surface area contributed by atoms with Crippen LogP contribution in [0.5, 0.6) is 0 Å². The van der Waals surface area contributed by atoms with Gasteiger partial charge in [0.1, 0.15) is 6.54 Å². The topological polar surface area (TPSA) is 55.5 Å². The first-order chi connectivity index (χ1) is 10.6. The number of anilines is 1. The Hall–Kier alpha value is -2.34. The first-order valence-electron chi connectivity index (χ1n) is 6.67. The van der Waals surface area contributed by atoms with E-state index in [-0.39, 0.29) is 12.5 Å². The van der Waals surface area contributed by atoms with Gasteiger partial charge in [0.05, 0.1) is 5.52 Å². The van der Waals surface area contributed by atoms with Crippen LogP contribution in [0.1, 0.15) is 0 Å². The zero-order chi connectivity index (χ0) is 15.7. The minimum absolute atomic E-state index is 0.0671. The summed E-state index contributed by atoms with van der Waals surface area (Å²) >= 11 is 3.36. The molecule has 0 aliphatic rings. The van der Waals surface area contributed by atoms with Gasteiger partial charge < -0.3 is 9.32 Å². The lowest BCUT2D eigenvalue weighted by Gasteiger charge is -2.17. The molecular formula is C16H13BrN2O3. The maximum absolute atomic E-state index is 12.4. The van der Waals surface area contributed by atoms with Gasteiger partial charge in [0.2, 0.25) is 5.91 Å². The monoisotopic (exact) mass is 360 g/mol. The van der Waals surface area contributed by atoms with Crippen molar-refractivity contribution in [2.45, 2.75) is 6.54 Å². The molecule has 22 heavy (non-hydrogen) atoms. The van der Waals surface area contributed by atoms with E-state index in [0.717, 1.165) is 10.2 Å². The molecule has 1 heterocycles. The van der Waals surface area contributed by atoms with Crippen molar-refractivity contribution in [1.29, 1.82) is 0 Å². The molecule has 0 atom stereocenters. The van der Waals surface area contributed by atoms with Gasteiger partial charge in [0.25, 0.3) is 0 Å². The Morgan fingerprint density at radius 1 is 1.18 bits per heavy atom. The van der Waals surface area contributed by atoms with Gasteiger partial charge in [-0.05, 0) is 36.4 Å². The van der Waals surface area contributed by atoms with E-state index in [9.17, 15) is 9.59 Å². The molecule has 3 rings (SSSR count). The predicted octanol–water partition coefficient (Wildman–Crippen LogP) is 3.02. The van der Waals surface area contributed by atoms with Crippen molar-refractivity contribution in [1.82, 2.24) is 4.57 Å². The number of rotatable bonds is 3. The molecule has 0 spiro atoms. The van der Waals surface area contributed by atoms with E-state index >= 15 is 0 Å². The molecule has 0 saturated carbocycles. The van der Waals surface area contributed by atoms with Crippen molar-refractivity contribution in [2.75, 3.05) is 11.9 Å². The van der Waals surface area contributed by atoms with E-state index in [2.05, 4.69) is 15.9 Å². The van der Waals surface area contributed by atoms with Gasteiger partial charge in [0, 0.05) is 17.2 Å². The van der Waals surface area contributed by atoms with Crippen LogP contribution in [-0.2, 0) is 11.3 Å². The van der Waals surface area contributed by atoms with E-state index < -0.39 is 5.76 Å². The molecule has 0 N–H and O–H groups in total. The summed E-state index contributed by atoms with van der Waals surface area (Å²) in [5.74, 6) is -0.727. The summed E-state index contributed by atoms with van der Waals surface area (Å²) in [6, 6.07) is 14.4. The van der Waals surface area contributed by atoms with Gasteiger partial charge in [-0.2, -0.15) is 0 Å². The van der Waals surface area contributed by atoms with Gasteiger partial charge in [-0.25, -0.2) is 4.79 Å². The quantitative estimate of drug-likeness (QED) is 0.721. The molecule has 0 bridgehead atoms. The number of para-hydroxylation sites is 2. The van der Waals surface area contributed by atoms with Gasteiger partial charge in [0.15, 0.2) is 5.58 Å². The highest BCUT2D eigenvalue weighted by Crippen LogP contribution is 2.18. The van der Waals surface area contributed by atoms with Crippen LogP contribution >= 0.6 is 15.9 Å². The minimum Gasteiger partial charge on any atom is -0.408 e. The number of fused-ring (bicyclic) bond motifs is 1. The van der Waals surface area contributed by atoms with Crippen LogP contribution in [0.2, 0.25) is 0 Å². The number of halogens is 1. The van der Waals surface area contributed by atoms with Crippen molar-refractivity contribution in [3.8, 4) is 0 Å². The third-order valence-corrected chi connectivity index (χ3v) is 3.98. The lowest BCUT2D eigenvalue weighted by molar-refractivity contribution is -0.118. The number of benzene rings is 2. The lowest BCUT2D eigenvalue weighted by Crippen LogP contribution is -2.32. The molecule has 0 aliphatic heterocycles. The number of amides is 1. The Labute approximate surface area is 134 Å². The molecule has 5 nitrogen and oxygen atoms in total. The van der Waals surface area contributed by atoms with E-state index in [4.69, 9.17) is 4.42 Å². The van der Waals surface area contributed by atoms with Gasteiger partial charge >= 0.3 is 5.76 Å². The standard InChI is InChI=1S/C16H13BrN2O3/c1-18(12-8-6-11(17)7-9-12)15(20)10-19-13-4-2-3-5-14(13)22-16(19)21/h2-9H,10H2,1H3. The summed E-state index contributed by atoms with van der Waals surface area (Å²) in [6.45, 7) is -0.0671. The molecule has 1 aromatic heterocycles. The summed E-state index contributed by atoms with van der Waals surface area (Å²) in [6.07, 6.45) is 0. The van der Waals surface area contributed by atoms with Crippen LogP contribution < -0.4 is 10.7 Å². The average molecular weight is 361 g/mol. The molecule has 3 aromatic rings. The molecule has 0 unspecified atom stereocenters. The smallest absolute Gasteiger partial charge is 0.408 e. The van der Waals surface area contributed by atoms with E-state index in [0.29, 0.717) is 11.1 Å². The first kappa shape index (κ1) is 14.6. The molecule has 112 valence electrons. The molecule has 0 fully saturated rings. The Kier molecular flexibility index (Phi) is 3.85. The summed E-state index contributed by atoms with van der Waals surface area (Å²) < 4.78 is 7.41. The van der Waals surface area contributed by atoms with Crippen LogP contribution in [0.15, 0.2) is 62.2 Å². The maximum Gasteiger partial charge on any atom is 0.420 e. The van der Waals surface area contributed by atoms with Crippen LogP contribution in [-0.4, -0.2) is 17.5 Å². The fourth-order valence-electron chi connectivity index (χ4n) is 2.21. The SMILES string of the molecule is CN(C(=O)Cn1c(=O)oc2ccccc21)c1ccc(Br)cc1. The largest absolute Gasteiger partial charge is 0.420 e. The minimum atomic E-state index is -0.529. The number of hydrogen-bond donors (Lipinski definition) is 0. The maximum atomic E-state index is 12.4. The number of hydrogen-bond acceptors (Lipinski definition) is 3. The molecule has 0 radical (unpaired) electrons. The summed E-state index contributed by atoms with van der Waals surface area (Å²) in [5, 5.41) is 0. The van der Waals surface area contributed by atoms with Crippen molar-refractivity contribution in [3.05, 3.63) is 63.6 Å². The second-order valence-electron chi connectivity index (χ2n) is 4.85. The van der Waals surface area contributed by atoms with E-state index in [1.807, 2.05) is 24.3 Å². The highest BCUT2D eigenvalue weighted by molar-refractivity contribution is 9.10. The van der Waals surface area contributed by atoms with E-state index in [1.54, 1.807) is 31.3 Å². The highest BCUT2D eigenvalue weighted by atomic mass is 79.9. The van der Waals surface area contributed by atoms with Gasteiger partial charge in [-0.3, -0.25) is 9.36 Å². The summed E-state index contributed by atoms with van der Waals surface area (Å²) in [5.41, 5.74) is 1.85. The third-order valence-electron chi connectivity index (χ3n) is 3.46. The zero-order valence-corrected chi connectivity index (χ0v) is 13.4. The van der Waals surface area contributed by atoms with Crippen LogP contribution in [0.4, 0.5) is 5.69 Å². The molecule has 0 aliphatic carbocycles. The number of oxazole rings is 1. The fourth-order valence-corrected chi connectivity index (χ4v) is 2.48. The molecule has 0 saturated heterocycles. The predicted molar refractivity (Wildman–Crippen MR) is 88.0 cm³/mol. The van der Waals surface area contributed by atoms with Crippen molar-refractivity contribution >= 4 is 38.6 Å². The van der Waals surface area contributed by atoms with Crippen molar-refractivity contribution < 1.29 is 9.21 Å². The molecule has 2 aromatic carbocycles. The average Bonchev–Trinajstić information content (AvgIpc) is 2.83. The number of aromatic nitrogens is 1. The highest BCUT2D eigenvalue weighted by Gasteiger charge is 2.16. The molecule has 6 heteroatoms. The lowest BCUT2D eigenvalue weighted by atomic mass is 10.3. The number of carbonyl (C=O) groups excluding carboxylic acids is 1. The second-order valence-corrected chi connectivity index (χ2v) is 5.77. The summed E-state index contributed by atoms with van der Waals surface area (Å²) in [4.78, 5) is 25.8. The Bertz CT molecular complexity index is 880. The van der Waals surface area contributed by atoms with Crippen molar-refractivity contribution in [2.24, 2.45) is 0 Å². The van der Waals surface area contributed by atoms with Gasteiger partial charge in [-0.15, -0.1) is 0 Å². The number of carbonyl (C=O) groups is 1. The Balaban J connectivity index is 1.88. The third kappa shape index (κ3) is 2.69. The normalized spacial score (nSPS) is 10.8. The zero-order valence-electron chi connectivity index (χ0n) is 11.8. The Morgan fingerprint density at radius 2 is 1.86 bits per heavy atom. The fraction of sp³-hybridized carbons (Fsp3) is 0.125. The van der Waals surface area contributed by atoms with Crippen LogP contribution in [0.3, 0.4) is 0 Å². The number of nitrogens with zero attached hydrogens (tertiary/aromatic N) is 2. The molecular weight excluding hydrogens is 348 g/mol. The van der Waals surface area contributed by atoms with E-state index in [1.165, 1.54) is 9.47 Å². The number of likely N-dealkylation sites (N-methyl/N-ethyl adjacent to an activating group) is 1. The van der Waals surface area contributed by atoms with Crippen LogP contribution in [0.25, 0.3) is 11.1 Å². The van der Waals surface area contributed by atoms with Gasteiger partial charge in [-0.1, -0.05) is 28.1 Å². The molecule has 1 amide bonds. The second kappa shape index (κ2) is 5.81.